The number of nitrogens with one attached hydrogen (secondary N) is 8. The van der Waals surface area contributed by atoms with E-state index >= 15 is 0 Å². The van der Waals surface area contributed by atoms with Gasteiger partial charge in [0.05, 0.1) is 19.0 Å². The molecule has 0 spiro atoms. The number of guanidine groups is 1. The lowest BCUT2D eigenvalue weighted by Crippen LogP contribution is -2.60. The number of carbonyl (C=O) groups is 8. The fourth-order valence-electron chi connectivity index (χ4n) is 5.82. The Morgan fingerprint density at radius 2 is 1.25 bits per heavy atom. The first-order chi connectivity index (χ1) is 27.8. The molecule has 1 aromatic rings. The number of unbranched alkanes of at least 4 members (excludes halogenated alkanes) is 1. The summed E-state index contributed by atoms with van der Waals surface area (Å²) in [5, 5.41) is 27.9. The number of amides is 7. The third kappa shape index (κ3) is 20.6. The zero-order valence-electron chi connectivity index (χ0n) is 35.3. The maximum atomic E-state index is 13.9. The Balaban J connectivity index is 3.21. The number of nitrogens with two attached hydrogens (primary N) is 2. The van der Waals surface area contributed by atoms with Gasteiger partial charge in [-0.1, -0.05) is 47.5 Å². The lowest BCUT2D eigenvalue weighted by atomic mass is 9.99. The summed E-state index contributed by atoms with van der Waals surface area (Å²) >= 11 is 0. The number of imidazole rings is 1. The first kappa shape index (κ1) is 51.4. The Hall–Kier alpha value is -5.60. The molecule has 21 nitrogen and oxygen atoms in total. The average molecular weight is 835 g/mol. The van der Waals surface area contributed by atoms with E-state index in [1.165, 1.54) is 26.4 Å². The van der Waals surface area contributed by atoms with Crippen molar-refractivity contribution in [3.63, 3.8) is 0 Å². The second kappa shape index (κ2) is 27.2. The van der Waals surface area contributed by atoms with Gasteiger partial charge in [0.2, 0.25) is 41.4 Å². The molecule has 0 fully saturated rings. The minimum absolute atomic E-state index is 0.0752. The van der Waals surface area contributed by atoms with Crippen molar-refractivity contribution in [1.82, 2.24) is 47.2 Å². The number of carbonyl (C=O) groups excluding carboxylic acids is 8. The quantitative estimate of drug-likeness (QED) is 0.0188. The Kier molecular flexibility index (Phi) is 23.7. The van der Waals surface area contributed by atoms with E-state index in [0.717, 1.165) is 0 Å². The molecule has 0 aliphatic carbocycles. The predicted octanol–water partition coefficient (Wildman–Crippen LogP) is -2.09. The Labute approximate surface area is 345 Å². The van der Waals surface area contributed by atoms with Gasteiger partial charge in [-0.2, -0.15) is 0 Å². The molecule has 0 aromatic carbocycles. The number of aromatic amines is 1. The molecule has 1 heterocycles. The number of aromatic nitrogens is 2. The second-order valence-corrected chi connectivity index (χ2v) is 15.3. The first-order valence-electron chi connectivity index (χ1n) is 20.0. The van der Waals surface area contributed by atoms with E-state index in [1.807, 2.05) is 34.6 Å². The normalized spacial score (nSPS) is 14.6. The van der Waals surface area contributed by atoms with Crippen molar-refractivity contribution >= 4 is 53.6 Å². The van der Waals surface area contributed by atoms with Crippen LogP contribution in [-0.4, -0.2) is 124 Å². The predicted molar refractivity (Wildman–Crippen MR) is 219 cm³/mol. The summed E-state index contributed by atoms with van der Waals surface area (Å²) in [6.07, 6.45) is 5.73. The largest absolute Gasteiger partial charge is 0.394 e. The van der Waals surface area contributed by atoms with Crippen molar-refractivity contribution in [1.29, 1.82) is 0 Å². The molecule has 0 bridgehead atoms. The van der Waals surface area contributed by atoms with E-state index in [9.17, 15) is 43.5 Å². The van der Waals surface area contributed by atoms with Gasteiger partial charge in [-0.15, -0.1) is 0 Å². The van der Waals surface area contributed by atoms with Gasteiger partial charge in [0.1, 0.15) is 42.5 Å². The molecular formula is C38H66N12O9. The Morgan fingerprint density at radius 1 is 0.729 bits per heavy atom. The maximum absolute atomic E-state index is 13.9. The van der Waals surface area contributed by atoms with Crippen LogP contribution in [0, 0.1) is 11.8 Å². The van der Waals surface area contributed by atoms with Crippen LogP contribution in [0.4, 0.5) is 0 Å². The van der Waals surface area contributed by atoms with Crippen LogP contribution in [0.25, 0.3) is 0 Å². The minimum Gasteiger partial charge on any atom is -0.394 e. The van der Waals surface area contributed by atoms with Gasteiger partial charge in [0.25, 0.3) is 0 Å². The van der Waals surface area contributed by atoms with E-state index in [-0.39, 0.29) is 56.4 Å². The molecule has 0 aliphatic rings. The van der Waals surface area contributed by atoms with Crippen LogP contribution in [0.1, 0.15) is 99.1 Å². The van der Waals surface area contributed by atoms with Gasteiger partial charge in [-0.25, -0.2) is 4.98 Å². The minimum atomic E-state index is -1.34. The van der Waals surface area contributed by atoms with Crippen molar-refractivity contribution in [3.05, 3.63) is 18.2 Å². The molecule has 7 amide bonds. The van der Waals surface area contributed by atoms with Crippen molar-refractivity contribution in [2.45, 2.75) is 142 Å². The van der Waals surface area contributed by atoms with Crippen LogP contribution in [0.3, 0.4) is 0 Å². The van der Waals surface area contributed by atoms with E-state index < -0.39 is 90.3 Å². The van der Waals surface area contributed by atoms with Crippen LogP contribution >= 0.6 is 0 Å². The van der Waals surface area contributed by atoms with Gasteiger partial charge >= 0.3 is 0 Å². The Bertz CT molecular complexity index is 1550. The topological polar surface area (TPSA) is 334 Å². The third-order valence-electron chi connectivity index (χ3n) is 8.86. The van der Waals surface area contributed by atoms with Gasteiger partial charge < -0.3 is 63.6 Å². The molecule has 0 saturated heterocycles. The molecule has 0 unspecified atom stereocenters. The van der Waals surface area contributed by atoms with Gasteiger partial charge in [0, 0.05) is 31.8 Å². The fourth-order valence-corrected chi connectivity index (χ4v) is 5.82. The fraction of sp³-hybridized carbons (Fsp3) is 0.684. The summed E-state index contributed by atoms with van der Waals surface area (Å²) in [7, 11) is 0. The van der Waals surface area contributed by atoms with Crippen LogP contribution in [0.15, 0.2) is 17.5 Å². The number of rotatable bonds is 28. The molecular weight excluding hydrogens is 768 g/mol. The molecule has 21 heteroatoms. The second-order valence-electron chi connectivity index (χ2n) is 15.3. The number of nitrogens with zero attached hydrogens (tertiary/aromatic N) is 2. The molecule has 59 heavy (non-hydrogen) atoms. The number of hydrogen-bond donors (Lipinski definition) is 11. The van der Waals surface area contributed by atoms with Gasteiger partial charge in [-0.05, 0) is 50.9 Å². The molecule has 13 N–H and O–H groups in total. The summed E-state index contributed by atoms with van der Waals surface area (Å²) in [6.45, 7) is 11.4. The van der Waals surface area contributed by atoms with Crippen molar-refractivity contribution in [2.24, 2.45) is 28.3 Å². The molecule has 0 saturated carbocycles. The van der Waals surface area contributed by atoms with E-state index in [2.05, 4.69) is 52.2 Å². The lowest BCUT2D eigenvalue weighted by molar-refractivity contribution is -0.136. The van der Waals surface area contributed by atoms with Crippen LogP contribution in [-0.2, 0) is 44.8 Å². The number of aldehydes is 1. The third-order valence-corrected chi connectivity index (χ3v) is 8.86. The van der Waals surface area contributed by atoms with Crippen LogP contribution < -0.4 is 48.7 Å². The van der Waals surface area contributed by atoms with Gasteiger partial charge in [0.15, 0.2) is 5.96 Å². The van der Waals surface area contributed by atoms with E-state index in [1.54, 1.807) is 0 Å². The number of aliphatic imine (C=N–C) groups is 1. The lowest BCUT2D eigenvalue weighted by Gasteiger charge is -2.28. The van der Waals surface area contributed by atoms with Crippen LogP contribution in [0.5, 0.6) is 0 Å². The molecule has 1 rings (SSSR count). The molecule has 0 radical (unpaired) electrons. The average Bonchev–Trinajstić information content (AvgIpc) is 3.68. The SMILES string of the molecule is CCCC[C@H](NC(=O)[C@H](Cc1cnc[nH]1)NC(=O)[C@H](CO)NC(C)=O)C(=O)N[C@@H](CC(C)C)C(=O)N[C@@H](CC(C)C)C(=O)N[C@@H](C)C(=O)N[C@H](C=O)CCCN=C(N)N. The highest BCUT2D eigenvalue weighted by Crippen LogP contribution is 2.11. The van der Waals surface area contributed by atoms with Gasteiger partial charge in [-0.3, -0.25) is 38.6 Å². The summed E-state index contributed by atoms with van der Waals surface area (Å²) in [4.78, 5) is 115. The number of aliphatic hydroxyl groups excluding tert-OH is 1. The van der Waals surface area contributed by atoms with E-state index in [0.29, 0.717) is 31.2 Å². The molecule has 1 aromatic heterocycles. The number of hydrogen-bond acceptors (Lipinski definition) is 11. The standard InChI is InChI=1S/C38H66N12O9/c1-8-9-12-27(47-36(58)30(16-26-17-41-20-43-26)50-37(59)31(19-52)45-24(7)53)33(55)48-29(15-22(4)5)35(57)49-28(14-21(2)3)34(56)44-23(6)32(54)46-25(18-51)11-10-13-42-38(39)40/h17-18,20-23,25,27-31,52H,8-16,19H2,1-7H3,(H,41,43)(H,44,56)(H,45,53)(H,46,54)(H,47,58)(H,48,55)(H,49,57)(H,50,59)(H4,39,40,42)/t23-,25-,27-,28-,29-,30-,31-/m0/s1. The zero-order chi connectivity index (χ0) is 44.7. The Morgan fingerprint density at radius 3 is 1.75 bits per heavy atom. The monoisotopic (exact) mass is 835 g/mol. The summed E-state index contributed by atoms with van der Waals surface area (Å²) in [6, 6.07) is -7.91. The maximum Gasteiger partial charge on any atom is 0.245 e. The van der Waals surface area contributed by atoms with Crippen molar-refractivity contribution in [3.8, 4) is 0 Å². The molecule has 0 aliphatic heterocycles. The number of H-pyrrole nitrogens is 1. The van der Waals surface area contributed by atoms with Crippen molar-refractivity contribution in [2.75, 3.05) is 13.2 Å². The van der Waals surface area contributed by atoms with Crippen molar-refractivity contribution < 1.29 is 43.5 Å². The number of aliphatic hydroxyl groups is 1. The highest BCUT2D eigenvalue weighted by atomic mass is 16.3. The summed E-state index contributed by atoms with van der Waals surface area (Å²) in [5.74, 6) is -5.03. The molecule has 7 atom stereocenters. The van der Waals surface area contributed by atoms with E-state index in [4.69, 9.17) is 11.5 Å². The first-order valence-corrected chi connectivity index (χ1v) is 20.0. The zero-order valence-corrected chi connectivity index (χ0v) is 35.3. The summed E-state index contributed by atoms with van der Waals surface area (Å²) < 4.78 is 0. The van der Waals surface area contributed by atoms with Crippen LogP contribution in [0.2, 0.25) is 0 Å². The molecule has 332 valence electrons. The smallest absolute Gasteiger partial charge is 0.245 e. The highest BCUT2D eigenvalue weighted by molar-refractivity contribution is 5.97. The highest BCUT2D eigenvalue weighted by Gasteiger charge is 2.33. The summed E-state index contributed by atoms with van der Waals surface area (Å²) in [5.41, 5.74) is 11.1.